The average Bonchev–Trinajstić information content (AvgIpc) is 2.36. The van der Waals surface area contributed by atoms with Crippen LogP contribution < -0.4 is 5.43 Å². The number of aromatic nitrogens is 1. The lowest BCUT2D eigenvalue weighted by Crippen LogP contribution is -2.09. The fourth-order valence-electron chi connectivity index (χ4n) is 1.84. The van der Waals surface area contributed by atoms with Crippen LogP contribution in [0.5, 0.6) is 0 Å². The second-order valence-electron chi connectivity index (χ2n) is 4.15. The first kappa shape index (κ1) is 12.2. The highest BCUT2D eigenvalue weighted by Gasteiger charge is 2.06. The monoisotopic (exact) mass is 247 g/mol. The van der Waals surface area contributed by atoms with E-state index in [1.807, 2.05) is 42.1 Å². The van der Waals surface area contributed by atoms with E-state index in [-0.39, 0.29) is 5.43 Å². The smallest absolute Gasteiger partial charge is 0.202 e. The number of hydrogen-bond donors (Lipinski definition) is 0. The summed E-state index contributed by atoms with van der Waals surface area (Å²) in [6, 6.07) is 7.77. The molecule has 2 nitrogen and oxygen atoms in total. The highest BCUT2D eigenvalue weighted by atomic mass is 32.2. The van der Waals surface area contributed by atoms with Crippen LogP contribution in [-0.4, -0.2) is 10.3 Å². The molecule has 0 aliphatic carbocycles. The van der Waals surface area contributed by atoms with E-state index in [1.165, 1.54) is 6.42 Å². The molecule has 0 spiro atoms. The van der Waals surface area contributed by atoms with Gasteiger partial charge >= 0.3 is 0 Å². The van der Waals surface area contributed by atoms with Gasteiger partial charge < -0.3 is 4.57 Å². The summed E-state index contributed by atoms with van der Waals surface area (Å²) >= 11 is 1.67. The highest BCUT2D eigenvalue weighted by Crippen LogP contribution is 2.19. The zero-order valence-electron chi connectivity index (χ0n) is 10.3. The Balaban J connectivity index is 2.44. The molecule has 1 aromatic heterocycles. The lowest BCUT2D eigenvalue weighted by Gasteiger charge is -2.08. The molecule has 0 fully saturated rings. The van der Waals surface area contributed by atoms with E-state index in [4.69, 9.17) is 0 Å². The van der Waals surface area contributed by atoms with Gasteiger partial charge in [0.25, 0.3) is 0 Å². The Hall–Kier alpha value is -1.22. The number of fused-ring (bicyclic) bond motifs is 1. The summed E-state index contributed by atoms with van der Waals surface area (Å²) in [4.78, 5) is 13.1. The van der Waals surface area contributed by atoms with Crippen LogP contribution in [0.25, 0.3) is 10.9 Å². The molecule has 0 atom stereocenters. The van der Waals surface area contributed by atoms with Crippen LogP contribution in [0, 0.1) is 0 Å². The Labute approximate surface area is 106 Å². The number of nitrogens with zero attached hydrogens (tertiary/aromatic N) is 1. The predicted molar refractivity (Wildman–Crippen MR) is 74.8 cm³/mol. The molecular formula is C14H17NOS. The number of unbranched alkanes of at least 4 members (excludes halogenated alkanes) is 1. The second-order valence-corrected chi connectivity index (χ2v) is 5.29. The van der Waals surface area contributed by atoms with Gasteiger partial charge in [0, 0.05) is 18.6 Å². The van der Waals surface area contributed by atoms with E-state index in [9.17, 15) is 4.79 Å². The van der Waals surface area contributed by atoms with Crippen molar-refractivity contribution in [2.24, 2.45) is 7.05 Å². The van der Waals surface area contributed by atoms with Gasteiger partial charge in [-0.1, -0.05) is 25.5 Å². The minimum atomic E-state index is 0.166. The zero-order valence-corrected chi connectivity index (χ0v) is 11.1. The van der Waals surface area contributed by atoms with E-state index in [0.717, 1.165) is 28.0 Å². The average molecular weight is 247 g/mol. The van der Waals surface area contributed by atoms with Gasteiger partial charge in [-0.2, -0.15) is 0 Å². The molecule has 1 heterocycles. The first-order valence-corrected chi connectivity index (χ1v) is 6.93. The SMILES string of the molecule is CCCCSc1cn(C)c2ccccc2c1=O. The Morgan fingerprint density at radius 2 is 2.06 bits per heavy atom. The minimum absolute atomic E-state index is 0.166. The number of hydrogen-bond acceptors (Lipinski definition) is 2. The fraction of sp³-hybridized carbons (Fsp3) is 0.357. The number of para-hydroxylation sites is 1. The Morgan fingerprint density at radius 3 is 2.82 bits per heavy atom. The molecule has 0 saturated carbocycles. The van der Waals surface area contributed by atoms with Crippen LogP contribution in [0.1, 0.15) is 19.8 Å². The summed E-state index contributed by atoms with van der Waals surface area (Å²) in [6.07, 6.45) is 4.27. The summed E-state index contributed by atoms with van der Waals surface area (Å²) in [5.74, 6) is 1.02. The fourth-order valence-corrected chi connectivity index (χ4v) is 2.97. The minimum Gasteiger partial charge on any atom is -0.349 e. The van der Waals surface area contributed by atoms with Crippen molar-refractivity contribution in [1.29, 1.82) is 0 Å². The largest absolute Gasteiger partial charge is 0.349 e. The molecule has 0 saturated heterocycles. The van der Waals surface area contributed by atoms with Gasteiger partial charge in [0.15, 0.2) is 0 Å². The van der Waals surface area contributed by atoms with Crippen molar-refractivity contribution in [3.8, 4) is 0 Å². The van der Waals surface area contributed by atoms with Crippen LogP contribution >= 0.6 is 11.8 Å². The molecule has 3 heteroatoms. The van der Waals surface area contributed by atoms with Crippen molar-refractivity contribution < 1.29 is 0 Å². The van der Waals surface area contributed by atoms with E-state index in [2.05, 4.69) is 6.92 Å². The van der Waals surface area contributed by atoms with Gasteiger partial charge in [-0.25, -0.2) is 0 Å². The standard InChI is InChI=1S/C14H17NOS/c1-3-4-9-17-13-10-15(2)12-8-6-5-7-11(12)14(13)16/h5-8,10H,3-4,9H2,1-2H3. The number of benzene rings is 1. The lowest BCUT2D eigenvalue weighted by molar-refractivity contribution is 0.892. The normalized spacial score (nSPS) is 10.9. The topological polar surface area (TPSA) is 22.0 Å². The molecule has 0 amide bonds. The molecule has 0 radical (unpaired) electrons. The summed E-state index contributed by atoms with van der Waals surface area (Å²) in [7, 11) is 1.99. The summed E-state index contributed by atoms with van der Waals surface area (Å²) in [5.41, 5.74) is 1.16. The molecule has 2 aromatic rings. The molecule has 0 unspecified atom stereocenters. The molecule has 0 bridgehead atoms. The number of rotatable bonds is 4. The Morgan fingerprint density at radius 1 is 1.29 bits per heavy atom. The van der Waals surface area contributed by atoms with Gasteiger partial charge in [-0.3, -0.25) is 4.79 Å². The van der Waals surface area contributed by atoms with Gasteiger partial charge in [-0.15, -0.1) is 11.8 Å². The van der Waals surface area contributed by atoms with E-state index in [0.29, 0.717) is 0 Å². The molecule has 0 aliphatic heterocycles. The first-order chi connectivity index (χ1) is 8.24. The van der Waals surface area contributed by atoms with Crippen LogP contribution in [-0.2, 0) is 7.05 Å². The Kier molecular flexibility index (Phi) is 3.89. The molecule has 0 N–H and O–H groups in total. The van der Waals surface area contributed by atoms with Crippen LogP contribution in [0.3, 0.4) is 0 Å². The summed E-state index contributed by atoms with van der Waals surface area (Å²) < 4.78 is 2.03. The molecular weight excluding hydrogens is 230 g/mol. The van der Waals surface area contributed by atoms with Gasteiger partial charge in [-0.05, 0) is 24.3 Å². The number of aryl methyl sites for hydroxylation is 1. The van der Waals surface area contributed by atoms with Crippen molar-refractivity contribution in [2.75, 3.05) is 5.75 Å². The molecule has 0 aliphatic rings. The predicted octanol–water partition coefficient (Wildman–Crippen LogP) is 3.43. The first-order valence-electron chi connectivity index (χ1n) is 5.95. The maximum atomic E-state index is 12.2. The quantitative estimate of drug-likeness (QED) is 0.610. The Bertz CT molecular complexity index is 574. The zero-order chi connectivity index (χ0) is 12.3. The van der Waals surface area contributed by atoms with Gasteiger partial charge in [0.1, 0.15) is 0 Å². The molecule has 2 rings (SSSR count). The van der Waals surface area contributed by atoms with Gasteiger partial charge in [0.2, 0.25) is 5.43 Å². The maximum absolute atomic E-state index is 12.2. The third kappa shape index (κ3) is 2.55. The van der Waals surface area contributed by atoms with Gasteiger partial charge in [0.05, 0.1) is 10.4 Å². The molecule has 90 valence electrons. The summed E-state index contributed by atoms with van der Waals surface area (Å²) in [6.45, 7) is 2.17. The number of thioether (sulfide) groups is 1. The third-order valence-corrected chi connectivity index (χ3v) is 3.91. The van der Waals surface area contributed by atoms with E-state index in [1.54, 1.807) is 11.8 Å². The molecule has 1 aromatic carbocycles. The maximum Gasteiger partial charge on any atom is 0.202 e. The molecule has 17 heavy (non-hydrogen) atoms. The van der Waals surface area contributed by atoms with E-state index >= 15 is 0 Å². The van der Waals surface area contributed by atoms with Crippen molar-refractivity contribution in [3.05, 3.63) is 40.7 Å². The van der Waals surface area contributed by atoms with Crippen molar-refractivity contribution in [3.63, 3.8) is 0 Å². The van der Waals surface area contributed by atoms with Crippen LogP contribution in [0.2, 0.25) is 0 Å². The summed E-state index contributed by atoms with van der Waals surface area (Å²) in [5, 5.41) is 0.816. The van der Waals surface area contributed by atoms with Crippen molar-refractivity contribution in [2.45, 2.75) is 24.7 Å². The lowest BCUT2D eigenvalue weighted by atomic mass is 10.2. The van der Waals surface area contributed by atoms with E-state index < -0.39 is 0 Å². The number of pyridine rings is 1. The third-order valence-electron chi connectivity index (χ3n) is 2.82. The van der Waals surface area contributed by atoms with Crippen LogP contribution in [0.15, 0.2) is 40.2 Å². The highest BCUT2D eigenvalue weighted by molar-refractivity contribution is 7.99. The van der Waals surface area contributed by atoms with Crippen LogP contribution in [0.4, 0.5) is 0 Å². The van der Waals surface area contributed by atoms with Crippen molar-refractivity contribution in [1.82, 2.24) is 4.57 Å². The van der Waals surface area contributed by atoms with Crippen molar-refractivity contribution >= 4 is 22.7 Å². The second kappa shape index (κ2) is 5.41.